The van der Waals surface area contributed by atoms with E-state index in [1.165, 1.54) is 18.9 Å². The number of hydrogen-bond acceptors (Lipinski definition) is 4. The lowest BCUT2D eigenvalue weighted by Crippen LogP contribution is -2.28. The average Bonchev–Trinajstić information content (AvgIpc) is 2.50. The molecule has 1 fully saturated rings. The van der Waals surface area contributed by atoms with Crippen molar-refractivity contribution in [3.63, 3.8) is 0 Å². The van der Waals surface area contributed by atoms with E-state index in [1.807, 2.05) is 0 Å². The van der Waals surface area contributed by atoms with Gasteiger partial charge in [-0.2, -0.15) is 12.8 Å². The fourth-order valence-electron chi connectivity index (χ4n) is 2.18. The zero-order chi connectivity index (χ0) is 13.2. The van der Waals surface area contributed by atoms with Crippen LogP contribution in [0.2, 0.25) is 0 Å². The lowest BCUT2D eigenvalue weighted by molar-refractivity contribution is -0.129. The Kier molecular flexibility index (Phi) is 3.82. The maximum absolute atomic E-state index is 11.7. The number of rotatable bonds is 3. The van der Waals surface area contributed by atoms with E-state index in [2.05, 4.69) is 9.30 Å². The van der Waals surface area contributed by atoms with Gasteiger partial charge in [-0.05, 0) is 32.0 Å². The van der Waals surface area contributed by atoms with E-state index in [1.54, 1.807) is 0 Å². The first kappa shape index (κ1) is 13.2. The molecule has 0 spiro atoms. The summed E-state index contributed by atoms with van der Waals surface area (Å²) in [4.78, 5) is 12.9. The van der Waals surface area contributed by atoms with Gasteiger partial charge >= 0.3 is 5.97 Å². The number of likely N-dealkylation sites (tertiary alicyclic amines) is 1. The Hall–Kier alpha value is -1.21. The van der Waals surface area contributed by atoms with Crippen molar-refractivity contribution in [3.05, 3.63) is 11.0 Å². The molecule has 1 saturated heterocycles. The average molecular weight is 272 g/mol. The molecule has 0 unspecified atom stereocenters. The number of sulfonamides is 1. The highest BCUT2D eigenvalue weighted by atomic mass is 32.2. The Morgan fingerprint density at radius 3 is 2.39 bits per heavy atom. The molecule has 18 heavy (non-hydrogen) atoms. The van der Waals surface area contributed by atoms with E-state index in [0.29, 0.717) is 0 Å². The molecule has 2 heterocycles. The van der Waals surface area contributed by atoms with Gasteiger partial charge in [0.25, 0.3) is 10.0 Å². The molecule has 1 N–H and O–H groups in total. The summed E-state index contributed by atoms with van der Waals surface area (Å²) in [6.45, 7) is 1.98. The first-order valence-corrected chi connectivity index (χ1v) is 7.44. The fourth-order valence-corrected chi connectivity index (χ4v) is 3.30. The molecule has 0 radical (unpaired) electrons. The van der Waals surface area contributed by atoms with Crippen LogP contribution < -0.4 is 0 Å². The van der Waals surface area contributed by atoms with Crippen LogP contribution in [0.1, 0.15) is 25.7 Å². The SMILES string of the molecule is O=C(O)C1=NS(=O)(=O)C(CN2CCCCCC2)=C1. The zero-order valence-corrected chi connectivity index (χ0v) is 10.8. The lowest BCUT2D eigenvalue weighted by Gasteiger charge is -2.19. The van der Waals surface area contributed by atoms with E-state index in [4.69, 9.17) is 5.11 Å². The number of nitrogens with zero attached hydrogens (tertiary/aromatic N) is 2. The van der Waals surface area contributed by atoms with Crippen molar-refractivity contribution in [2.45, 2.75) is 25.7 Å². The number of carbonyl (C=O) groups is 1. The standard InChI is InChI=1S/C11H16N2O4S/c14-11(15)10-7-9(18(16,17)12-10)8-13-5-3-1-2-4-6-13/h7H,1-6,8H2,(H,14,15). The van der Waals surface area contributed by atoms with Crippen molar-refractivity contribution in [1.82, 2.24) is 4.90 Å². The maximum atomic E-state index is 11.7. The van der Waals surface area contributed by atoms with E-state index < -0.39 is 16.0 Å². The molecule has 0 aromatic heterocycles. The van der Waals surface area contributed by atoms with Crippen LogP contribution in [-0.4, -0.2) is 49.7 Å². The van der Waals surface area contributed by atoms with Crippen LogP contribution in [0.3, 0.4) is 0 Å². The summed E-state index contributed by atoms with van der Waals surface area (Å²) >= 11 is 0. The van der Waals surface area contributed by atoms with Crippen LogP contribution >= 0.6 is 0 Å². The number of carboxylic acid groups (broad SMARTS) is 1. The van der Waals surface area contributed by atoms with E-state index in [9.17, 15) is 13.2 Å². The molecule has 7 heteroatoms. The highest BCUT2D eigenvalue weighted by Gasteiger charge is 2.29. The monoisotopic (exact) mass is 272 g/mol. The van der Waals surface area contributed by atoms with E-state index in [0.717, 1.165) is 25.9 Å². The molecule has 2 aliphatic heterocycles. The largest absolute Gasteiger partial charge is 0.476 e. The second-order valence-corrected chi connectivity index (χ2v) is 6.21. The topological polar surface area (TPSA) is 87.0 Å². The summed E-state index contributed by atoms with van der Waals surface area (Å²) in [5.41, 5.74) is -0.389. The van der Waals surface area contributed by atoms with Gasteiger partial charge in [-0.25, -0.2) is 4.79 Å². The van der Waals surface area contributed by atoms with Crippen LogP contribution in [0.5, 0.6) is 0 Å². The number of carboxylic acids is 1. The van der Waals surface area contributed by atoms with Crippen molar-refractivity contribution < 1.29 is 18.3 Å². The molecule has 6 nitrogen and oxygen atoms in total. The highest BCUT2D eigenvalue weighted by molar-refractivity contribution is 7.94. The Labute approximate surface area is 106 Å². The minimum atomic E-state index is -3.77. The number of aliphatic carboxylic acids is 1. The van der Waals surface area contributed by atoms with Crippen molar-refractivity contribution in [2.24, 2.45) is 4.40 Å². The van der Waals surface area contributed by atoms with Gasteiger partial charge in [-0.15, -0.1) is 0 Å². The normalized spacial score (nSPS) is 24.2. The fraction of sp³-hybridized carbons (Fsp3) is 0.636. The van der Waals surface area contributed by atoms with Crippen molar-refractivity contribution in [2.75, 3.05) is 19.6 Å². The second-order valence-electron chi connectivity index (χ2n) is 4.56. The molecule has 0 bridgehead atoms. The maximum Gasteiger partial charge on any atom is 0.355 e. The summed E-state index contributed by atoms with van der Waals surface area (Å²) in [6.07, 6.45) is 5.61. The van der Waals surface area contributed by atoms with Gasteiger partial charge in [0.15, 0.2) is 5.71 Å². The highest BCUT2D eigenvalue weighted by Crippen LogP contribution is 2.20. The second kappa shape index (κ2) is 5.19. The molecule has 0 aromatic rings. The summed E-state index contributed by atoms with van der Waals surface area (Å²) in [6, 6.07) is 0. The van der Waals surface area contributed by atoms with Crippen LogP contribution in [0.15, 0.2) is 15.4 Å². The molecular formula is C11H16N2O4S. The number of hydrogen-bond donors (Lipinski definition) is 1. The molecular weight excluding hydrogens is 256 g/mol. The van der Waals surface area contributed by atoms with Crippen LogP contribution in [0, 0.1) is 0 Å². The van der Waals surface area contributed by atoms with Gasteiger partial charge in [0, 0.05) is 6.54 Å². The first-order chi connectivity index (χ1) is 8.49. The van der Waals surface area contributed by atoms with E-state index in [-0.39, 0.29) is 17.2 Å². The third kappa shape index (κ3) is 2.97. The molecule has 0 atom stereocenters. The predicted octanol–water partition coefficient (Wildman–Crippen LogP) is 0.615. The van der Waals surface area contributed by atoms with Gasteiger partial charge in [0.05, 0.1) is 4.91 Å². The summed E-state index contributed by atoms with van der Waals surface area (Å²) in [7, 11) is -3.77. The molecule has 0 amide bonds. The molecule has 100 valence electrons. The summed E-state index contributed by atoms with van der Waals surface area (Å²) in [5, 5.41) is 8.76. The van der Waals surface area contributed by atoms with Crippen molar-refractivity contribution in [3.8, 4) is 0 Å². The van der Waals surface area contributed by atoms with Gasteiger partial charge in [-0.1, -0.05) is 12.8 Å². The minimum Gasteiger partial charge on any atom is -0.476 e. The zero-order valence-electron chi connectivity index (χ0n) is 10.0. The molecule has 0 saturated carbocycles. The lowest BCUT2D eigenvalue weighted by atomic mass is 10.2. The minimum absolute atomic E-state index is 0.0989. The summed E-state index contributed by atoms with van der Waals surface area (Å²) in [5.74, 6) is -1.30. The Bertz CT molecular complexity index is 499. The van der Waals surface area contributed by atoms with Crippen LogP contribution in [0.4, 0.5) is 0 Å². The van der Waals surface area contributed by atoms with Crippen molar-refractivity contribution in [1.29, 1.82) is 0 Å². The third-order valence-electron chi connectivity index (χ3n) is 3.14. The first-order valence-electron chi connectivity index (χ1n) is 6.00. The molecule has 0 aliphatic carbocycles. The smallest absolute Gasteiger partial charge is 0.355 e. The Morgan fingerprint density at radius 2 is 1.89 bits per heavy atom. The quantitative estimate of drug-likeness (QED) is 0.813. The van der Waals surface area contributed by atoms with Crippen LogP contribution in [-0.2, 0) is 14.8 Å². The predicted molar refractivity (Wildman–Crippen MR) is 67.0 cm³/mol. The Morgan fingerprint density at radius 1 is 1.28 bits per heavy atom. The van der Waals surface area contributed by atoms with Crippen molar-refractivity contribution >= 4 is 21.7 Å². The van der Waals surface area contributed by atoms with E-state index >= 15 is 0 Å². The Balaban J connectivity index is 2.10. The van der Waals surface area contributed by atoms with Gasteiger partial charge in [-0.3, -0.25) is 4.90 Å². The molecule has 2 rings (SSSR count). The van der Waals surface area contributed by atoms with Gasteiger partial charge in [0.2, 0.25) is 0 Å². The summed E-state index contributed by atoms with van der Waals surface area (Å²) < 4.78 is 26.6. The van der Waals surface area contributed by atoms with Crippen LogP contribution in [0.25, 0.3) is 0 Å². The molecule has 2 aliphatic rings. The van der Waals surface area contributed by atoms with Gasteiger partial charge in [0.1, 0.15) is 0 Å². The van der Waals surface area contributed by atoms with Gasteiger partial charge < -0.3 is 5.11 Å². The molecule has 0 aromatic carbocycles. The third-order valence-corrected chi connectivity index (χ3v) is 4.49.